The van der Waals surface area contributed by atoms with Gasteiger partial charge in [0.15, 0.2) is 0 Å². The van der Waals surface area contributed by atoms with Crippen molar-refractivity contribution in [3.8, 4) is 17.0 Å². The van der Waals surface area contributed by atoms with Gasteiger partial charge in [0.1, 0.15) is 27.8 Å². The van der Waals surface area contributed by atoms with Gasteiger partial charge in [0, 0.05) is 21.8 Å². The van der Waals surface area contributed by atoms with Crippen molar-refractivity contribution in [2.24, 2.45) is 5.41 Å². The molecule has 0 spiro atoms. The molecule has 0 bridgehead atoms. The maximum absolute atomic E-state index is 12.7. The van der Waals surface area contributed by atoms with E-state index in [1.807, 2.05) is 31.3 Å². The van der Waals surface area contributed by atoms with Crippen LogP contribution in [0.3, 0.4) is 0 Å². The molecule has 36 heavy (non-hydrogen) atoms. The molecule has 0 amide bonds. The number of halogens is 1. The van der Waals surface area contributed by atoms with E-state index in [4.69, 9.17) is 9.17 Å². The lowest BCUT2D eigenvalue weighted by molar-refractivity contribution is 0.302. The van der Waals surface area contributed by atoms with E-state index in [2.05, 4.69) is 66.3 Å². The lowest BCUT2D eigenvalue weighted by Gasteiger charge is -2.34. The monoisotopic (exact) mass is 569 g/mol. The van der Waals surface area contributed by atoms with Crippen molar-refractivity contribution in [1.82, 2.24) is 9.38 Å². The highest BCUT2D eigenvalue weighted by Crippen LogP contribution is 2.35. The van der Waals surface area contributed by atoms with E-state index in [0.29, 0.717) is 0 Å². The standard InChI is InChI=1S/C28H32BrN3O3S/c1-19-15-16-32-24(17-19)30-25(26(32)31-28(5,6)18-27(2,3)4)20-7-11-22(12-8-20)35-36(33,34)23-13-9-21(29)10-14-23/h7-17,31H,18H2,1-6H3. The molecular weight excluding hydrogens is 538 g/mol. The maximum atomic E-state index is 12.7. The van der Waals surface area contributed by atoms with Crippen LogP contribution < -0.4 is 9.50 Å². The molecule has 6 nitrogen and oxygen atoms in total. The molecule has 1 N–H and O–H groups in total. The zero-order chi connectivity index (χ0) is 26.3. The lowest BCUT2D eigenvalue weighted by Crippen LogP contribution is -2.36. The molecule has 0 aliphatic heterocycles. The molecule has 8 heteroatoms. The van der Waals surface area contributed by atoms with Gasteiger partial charge < -0.3 is 9.50 Å². The van der Waals surface area contributed by atoms with Crippen LogP contribution in [-0.2, 0) is 10.1 Å². The first-order chi connectivity index (χ1) is 16.7. The van der Waals surface area contributed by atoms with Gasteiger partial charge in [0.05, 0.1) is 0 Å². The summed E-state index contributed by atoms with van der Waals surface area (Å²) in [5.74, 6) is 1.14. The fourth-order valence-electron chi connectivity index (χ4n) is 4.60. The van der Waals surface area contributed by atoms with Gasteiger partial charge in [-0.2, -0.15) is 8.42 Å². The van der Waals surface area contributed by atoms with Gasteiger partial charge in [0.2, 0.25) is 0 Å². The van der Waals surface area contributed by atoms with E-state index in [1.165, 1.54) is 12.1 Å². The van der Waals surface area contributed by atoms with Gasteiger partial charge in [-0.15, -0.1) is 0 Å². The Kier molecular flexibility index (Phi) is 6.96. The molecule has 0 aliphatic carbocycles. The number of rotatable bonds is 7. The Morgan fingerprint density at radius 2 is 1.61 bits per heavy atom. The summed E-state index contributed by atoms with van der Waals surface area (Å²) in [5, 5.41) is 3.73. The second kappa shape index (κ2) is 9.56. The highest BCUT2D eigenvalue weighted by atomic mass is 79.9. The summed E-state index contributed by atoms with van der Waals surface area (Å²) in [4.78, 5) is 5.02. The van der Waals surface area contributed by atoms with Gasteiger partial charge in [0.25, 0.3) is 0 Å². The van der Waals surface area contributed by atoms with E-state index in [-0.39, 0.29) is 21.6 Å². The van der Waals surface area contributed by atoms with Gasteiger partial charge in [-0.25, -0.2) is 4.98 Å². The summed E-state index contributed by atoms with van der Waals surface area (Å²) >= 11 is 3.32. The molecule has 0 aliphatic rings. The first kappa shape index (κ1) is 26.2. The van der Waals surface area contributed by atoms with Crippen LogP contribution in [0.15, 0.2) is 76.2 Å². The lowest BCUT2D eigenvalue weighted by atomic mass is 9.82. The van der Waals surface area contributed by atoms with E-state index < -0.39 is 10.1 Å². The van der Waals surface area contributed by atoms with E-state index in [9.17, 15) is 8.42 Å². The average Bonchev–Trinajstić information content (AvgIpc) is 3.09. The Labute approximate surface area is 222 Å². The largest absolute Gasteiger partial charge is 0.379 e. The van der Waals surface area contributed by atoms with Crippen LogP contribution in [0.25, 0.3) is 16.9 Å². The first-order valence-corrected chi connectivity index (χ1v) is 14.0. The quantitative estimate of drug-likeness (QED) is 0.234. The number of nitrogens with one attached hydrogen (secondary N) is 1. The van der Waals surface area contributed by atoms with Crippen molar-refractivity contribution in [3.05, 3.63) is 76.9 Å². The van der Waals surface area contributed by atoms with Gasteiger partial charge >= 0.3 is 10.1 Å². The smallest absolute Gasteiger partial charge is 0.339 e. The molecule has 2 heterocycles. The Hall–Kier alpha value is -2.84. The molecule has 4 aromatic rings. The SMILES string of the molecule is Cc1ccn2c(NC(C)(C)CC(C)(C)C)c(-c3ccc(OS(=O)(=O)c4ccc(Br)cc4)cc3)nc2c1. The van der Waals surface area contributed by atoms with Crippen LogP contribution in [0, 0.1) is 12.3 Å². The highest BCUT2D eigenvalue weighted by Gasteiger charge is 2.28. The number of anilines is 1. The molecular formula is C28H32BrN3O3S. The minimum Gasteiger partial charge on any atom is -0.379 e. The number of aryl methyl sites for hydroxylation is 1. The van der Waals surface area contributed by atoms with Gasteiger partial charge in [-0.3, -0.25) is 4.40 Å². The van der Waals surface area contributed by atoms with Crippen LogP contribution in [-0.4, -0.2) is 23.3 Å². The average molecular weight is 571 g/mol. The summed E-state index contributed by atoms with van der Waals surface area (Å²) in [6, 6.07) is 17.4. The van der Waals surface area contributed by atoms with Crippen LogP contribution in [0.1, 0.15) is 46.6 Å². The van der Waals surface area contributed by atoms with Crippen molar-refractivity contribution in [2.75, 3.05) is 5.32 Å². The highest BCUT2D eigenvalue weighted by molar-refractivity contribution is 9.10. The fraction of sp³-hybridized carbons (Fsp3) is 0.321. The number of nitrogens with zero attached hydrogens (tertiary/aromatic N) is 2. The second-order valence-corrected chi connectivity index (χ2v) is 13.5. The first-order valence-electron chi connectivity index (χ1n) is 11.8. The Morgan fingerprint density at radius 3 is 2.22 bits per heavy atom. The molecule has 0 atom stereocenters. The van der Waals surface area contributed by atoms with Crippen molar-refractivity contribution >= 4 is 37.5 Å². The molecule has 0 radical (unpaired) electrons. The summed E-state index contributed by atoms with van der Waals surface area (Å²) in [6.07, 6.45) is 2.98. The Balaban J connectivity index is 1.68. The molecule has 0 saturated heterocycles. The number of fused-ring (bicyclic) bond motifs is 1. The zero-order valence-electron chi connectivity index (χ0n) is 21.5. The second-order valence-electron chi connectivity index (χ2n) is 11.0. The van der Waals surface area contributed by atoms with E-state index in [0.717, 1.165) is 39.2 Å². The van der Waals surface area contributed by atoms with Crippen molar-refractivity contribution in [3.63, 3.8) is 0 Å². The van der Waals surface area contributed by atoms with Crippen LogP contribution >= 0.6 is 15.9 Å². The normalized spacial score (nSPS) is 12.6. The number of aromatic nitrogens is 2. The van der Waals surface area contributed by atoms with Gasteiger partial charge in [-0.05, 0) is 98.8 Å². The summed E-state index contributed by atoms with van der Waals surface area (Å²) in [7, 11) is -3.94. The van der Waals surface area contributed by atoms with Crippen LogP contribution in [0.2, 0.25) is 0 Å². The molecule has 190 valence electrons. The van der Waals surface area contributed by atoms with E-state index in [1.54, 1.807) is 24.3 Å². The van der Waals surface area contributed by atoms with Crippen LogP contribution in [0.4, 0.5) is 5.82 Å². The molecule has 0 fully saturated rings. The Morgan fingerprint density at radius 1 is 0.972 bits per heavy atom. The third kappa shape index (κ3) is 6.10. The molecule has 2 aromatic heterocycles. The van der Waals surface area contributed by atoms with Crippen LogP contribution in [0.5, 0.6) is 5.75 Å². The van der Waals surface area contributed by atoms with Gasteiger partial charge in [-0.1, -0.05) is 36.7 Å². The number of hydrogen-bond donors (Lipinski definition) is 1. The summed E-state index contributed by atoms with van der Waals surface area (Å²) in [5.41, 5.74) is 3.59. The summed E-state index contributed by atoms with van der Waals surface area (Å²) < 4.78 is 33.6. The van der Waals surface area contributed by atoms with E-state index >= 15 is 0 Å². The number of hydrogen-bond acceptors (Lipinski definition) is 5. The minimum atomic E-state index is -3.94. The molecule has 2 aromatic carbocycles. The number of benzene rings is 2. The van der Waals surface area contributed by atoms with Crippen molar-refractivity contribution in [1.29, 1.82) is 0 Å². The maximum Gasteiger partial charge on any atom is 0.339 e. The molecule has 0 unspecified atom stereocenters. The predicted octanol–water partition coefficient (Wildman–Crippen LogP) is 7.47. The number of imidazole rings is 1. The number of pyridine rings is 1. The third-order valence-corrected chi connectivity index (χ3v) is 7.44. The fourth-order valence-corrected chi connectivity index (χ4v) is 5.80. The van der Waals surface area contributed by atoms with Crippen molar-refractivity contribution in [2.45, 2.75) is 58.4 Å². The topological polar surface area (TPSA) is 72.7 Å². The summed E-state index contributed by atoms with van der Waals surface area (Å²) in [6.45, 7) is 13.1. The molecule has 0 saturated carbocycles. The minimum absolute atomic E-state index is 0.0954. The van der Waals surface area contributed by atoms with Crippen molar-refractivity contribution < 1.29 is 12.6 Å². The predicted molar refractivity (Wildman–Crippen MR) is 149 cm³/mol. The third-order valence-electron chi connectivity index (χ3n) is 5.65. The zero-order valence-corrected chi connectivity index (χ0v) is 23.9. The molecule has 4 rings (SSSR count). The Bertz CT molecular complexity index is 1480.